The predicted octanol–water partition coefficient (Wildman–Crippen LogP) is 7.91. The van der Waals surface area contributed by atoms with Crippen LogP contribution in [-0.2, 0) is 0 Å². The summed E-state index contributed by atoms with van der Waals surface area (Å²) in [5.41, 5.74) is 2.20. The van der Waals surface area contributed by atoms with Crippen LogP contribution in [0.2, 0.25) is 0 Å². The minimum Gasteiger partial charge on any atom is -0.0555 e. The quantitative estimate of drug-likeness (QED) is 0.266. The van der Waals surface area contributed by atoms with E-state index >= 15 is 0 Å². The molecule has 0 aromatic carbocycles. The van der Waals surface area contributed by atoms with Crippen LogP contribution in [0.4, 0.5) is 0 Å². The van der Waals surface area contributed by atoms with Gasteiger partial charge in [0.2, 0.25) is 0 Å². The summed E-state index contributed by atoms with van der Waals surface area (Å²) in [6, 6.07) is 0. The highest BCUT2D eigenvalue weighted by Gasteiger charge is 2.01. The van der Waals surface area contributed by atoms with E-state index < -0.39 is 0 Å². The van der Waals surface area contributed by atoms with Gasteiger partial charge in [-0.15, -0.1) is 0 Å². The van der Waals surface area contributed by atoms with E-state index in [1.165, 1.54) is 51.4 Å². The Bertz CT molecular complexity index is 477. The fourth-order valence-corrected chi connectivity index (χ4v) is 3.48. The molecule has 1 aliphatic rings. The lowest BCUT2D eigenvalue weighted by atomic mass is 10.0. The Hall–Kier alpha value is 0.520. The molecule has 0 fully saturated rings. The third-order valence-corrected chi connectivity index (χ3v) is 5.46. The topological polar surface area (TPSA) is 0 Å². The summed E-state index contributed by atoms with van der Waals surface area (Å²) in [6.45, 7) is 0. The summed E-state index contributed by atoms with van der Waals surface area (Å²) >= 11 is 13.9. The van der Waals surface area contributed by atoms with E-state index in [4.69, 9.17) is 0 Å². The predicted molar refractivity (Wildman–Crippen MR) is 111 cm³/mol. The maximum Gasteiger partial charge on any atom is 0.0719 e. The van der Waals surface area contributed by atoms with Gasteiger partial charge in [-0.25, -0.2) is 0 Å². The molecule has 0 aromatic rings. The zero-order chi connectivity index (χ0) is 16.2. The van der Waals surface area contributed by atoms with Gasteiger partial charge >= 0.3 is 0 Å². The maximum atomic E-state index is 3.48. The normalized spacial score (nSPS) is 17.8. The van der Waals surface area contributed by atoms with Crippen molar-refractivity contribution in [2.24, 2.45) is 0 Å². The summed E-state index contributed by atoms with van der Waals surface area (Å²) in [5.74, 6) is 12.3. The van der Waals surface area contributed by atoms with E-state index in [1.54, 1.807) is 0 Å². The molecule has 0 spiro atoms. The van der Waals surface area contributed by atoms with E-state index in [1.807, 2.05) is 0 Å². The number of hydrogen-bond acceptors (Lipinski definition) is 0. The minimum atomic E-state index is 0.952. The van der Waals surface area contributed by atoms with Crippen LogP contribution in [0.3, 0.4) is 0 Å². The molecule has 4 heteroatoms. The molecule has 1 rings (SSSR count). The van der Waals surface area contributed by atoms with Crippen molar-refractivity contribution in [3.05, 3.63) is 17.9 Å². The van der Waals surface area contributed by atoms with Gasteiger partial charge in [-0.05, 0) is 101 Å². The Morgan fingerprint density at radius 1 is 0.545 bits per heavy atom. The second-order valence-electron chi connectivity index (χ2n) is 5.31. The molecule has 0 aromatic heterocycles. The van der Waals surface area contributed by atoms with Gasteiger partial charge in [0.15, 0.2) is 0 Å². The first-order valence-corrected chi connectivity index (χ1v) is 10.9. The number of halogens is 4. The molecule has 0 amide bonds. The minimum absolute atomic E-state index is 0.952. The lowest BCUT2D eigenvalue weighted by Crippen LogP contribution is -1.86. The second-order valence-corrected chi connectivity index (χ2v) is 10.6. The van der Waals surface area contributed by atoms with Gasteiger partial charge in [-0.3, -0.25) is 0 Å². The largest absolute Gasteiger partial charge is 0.0719 e. The van der Waals surface area contributed by atoms with Crippen LogP contribution in [0.1, 0.15) is 64.2 Å². The Labute approximate surface area is 168 Å². The lowest BCUT2D eigenvalue weighted by Gasteiger charge is -2.04. The second kappa shape index (κ2) is 12.9. The van der Waals surface area contributed by atoms with E-state index in [-0.39, 0.29) is 0 Å². The Morgan fingerprint density at radius 3 is 1.18 bits per heavy atom. The summed E-state index contributed by atoms with van der Waals surface area (Å²) in [5, 5.41) is 0. The summed E-state index contributed by atoms with van der Waals surface area (Å²) in [6.07, 6.45) is 12.3. The first kappa shape index (κ1) is 20.6. The lowest BCUT2D eigenvalue weighted by molar-refractivity contribution is 0.569. The molecule has 0 saturated heterocycles. The molecule has 0 N–H and O–H groups in total. The van der Waals surface area contributed by atoms with Gasteiger partial charge in [-0.2, -0.15) is 0 Å². The van der Waals surface area contributed by atoms with Crippen LogP contribution in [0.15, 0.2) is 17.9 Å². The molecular formula is C18H20Br4. The molecule has 0 aliphatic heterocycles. The zero-order valence-corrected chi connectivity index (χ0v) is 18.9. The first-order chi connectivity index (χ1) is 10.6. The van der Waals surface area contributed by atoms with Crippen molar-refractivity contribution in [3.63, 3.8) is 0 Å². The molecule has 1 aliphatic carbocycles. The fraction of sp³-hybridized carbons (Fsp3) is 0.556. The van der Waals surface area contributed by atoms with Crippen LogP contribution in [-0.4, -0.2) is 0 Å². The van der Waals surface area contributed by atoms with Crippen molar-refractivity contribution in [1.29, 1.82) is 0 Å². The monoisotopic (exact) mass is 552 g/mol. The molecule has 22 heavy (non-hydrogen) atoms. The highest BCUT2D eigenvalue weighted by atomic mass is 79.9. The Kier molecular flexibility index (Phi) is 12.0. The van der Waals surface area contributed by atoms with E-state index in [2.05, 4.69) is 87.4 Å². The Morgan fingerprint density at radius 2 is 0.864 bits per heavy atom. The van der Waals surface area contributed by atoms with Crippen molar-refractivity contribution >= 4 is 63.7 Å². The van der Waals surface area contributed by atoms with Gasteiger partial charge in [0.1, 0.15) is 0 Å². The van der Waals surface area contributed by atoms with Gasteiger partial charge in [0.25, 0.3) is 0 Å². The van der Waals surface area contributed by atoms with Crippen LogP contribution >= 0.6 is 63.7 Å². The molecule has 0 bridgehead atoms. The molecule has 0 saturated carbocycles. The van der Waals surface area contributed by atoms with Crippen LogP contribution in [0.25, 0.3) is 0 Å². The molecule has 120 valence electrons. The SMILES string of the molecule is BrC(Br)=C1C#CC#CC(=C(Br)Br)CCCCCCCCCC1. The van der Waals surface area contributed by atoms with Crippen molar-refractivity contribution in [2.75, 3.05) is 0 Å². The van der Waals surface area contributed by atoms with Crippen LogP contribution in [0, 0.1) is 23.7 Å². The number of allylic oxidation sites excluding steroid dienone is 2. The van der Waals surface area contributed by atoms with Gasteiger partial charge < -0.3 is 0 Å². The van der Waals surface area contributed by atoms with Gasteiger partial charge in [0, 0.05) is 11.1 Å². The zero-order valence-electron chi connectivity index (χ0n) is 12.6. The standard InChI is InChI=1S/C18H20Br4/c19-17(20)15-11-7-5-3-1-2-4-6-8-12-16(18(21)22)14-10-9-13-15/h1-8,11-12H2. The average molecular weight is 556 g/mol. The van der Waals surface area contributed by atoms with Crippen LogP contribution < -0.4 is 0 Å². The number of hydrogen-bond donors (Lipinski definition) is 0. The highest BCUT2D eigenvalue weighted by molar-refractivity contribution is 9.28. The third kappa shape index (κ3) is 9.61. The van der Waals surface area contributed by atoms with Crippen molar-refractivity contribution < 1.29 is 0 Å². The van der Waals surface area contributed by atoms with E-state index in [0.29, 0.717) is 0 Å². The molecule has 0 atom stereocenters. The van der Waals surface area contributed by atoms with Crippen molar-refractivity contribution in [2.45, 2.75) is 64.2 Å². The van der Waals surface area contributed by atoms with E-state index in [9.17, 15) is 0 Å². The molecule has 0 heterocycles. The maximum absolute atomic E-state index is 3.48. The molecular weight excluding hydrogens is 536 g/mol. The highest BCUT2D eigenvalue weighted by Crippen LogP contribution is 2.25. The molecule has 0 unspecified atom stereocenters. The Balaban J connectivity index is 2.84. The van der Waals surface area contributed by atoms with Crippen LogP contribution in [0.5, 0.6) is 0 Å². The average Bonchev–Trinajstić information content (AvgIpc) is 2.46. The smallest absolute Gasteiger partial charge is 0.0555 e. The summed E-state index contributed by atoms with van der Waals surface area (Å²) < 4.78 is 1.90. The fourth-order valence-electron chi connectivity index (χ4n) is 2.29. The van der Waals surface area contributed by atoms with Crippen molar-refractivity contribution in [1.82, 2.24) is 0 Å². The number of rotatable bonds is 0. The van der Waals surface area contributed by atoms with Gasteiger partial charge in [-0.1, -0.05) is 50.4 Å². The molecule has 0 radical (unpaired) electrons. The third-order valence-electron chi connectivity index (χ3n) is 3.55. The van der Waals surface area contributed by atoms with Gasteiger partial charge in [0.05, 0.1) is 6.78 Å². The van der Waals surface area contributed by atoms with Crippen molar-refractivity contribution in [3.8, 4) is 23.7 Å². The summed E-state index contributed by atoms with van der Waals surface area (Å²) in [4.78, 5) is 0. The van der Waals surface area contributed by atoms with E-state index in [0.717, 1.165) is 30.8 Å². The molecule has 0 nitrogen and oxygen atoms in total. The summed E-state index contributed by atoms with van der Waals surface area (Å²) in [7, 11) is 0. The first-order valence-electron chi connectivity index (χ1n) is 7.71.